The SMILES string of the molecule is c1ccc2c(-c3cc4cc5c(cc(-c6cncc7ccccc67)c6ccc7c8ccccc8oc7c65)cc4c4c3ccc3c5ccccc5oc34)cncc2c1. The zero-order valence-corrected chi connectivity index (χ0v) is 29.9. The number of pyridine rings is 2. The summed E-state index contributed by atoms with van der Waals surface area (Å²) >= 11 is 0. The van der Waals surface area contributed by atoms with Crippen LogP contribution < -0.4 is 0 Å². The van der Waals surface area contributed by atoms with E-state index in [0.717, 1.165) is 131 Å². The summed E-state index contributed by atoms with van der Waals surface area (Å²) in [4.78, 5) is 9.48. The molecule has 0 saturated carbocycles. The molecule has 9 aromatic carbocycles. The van der Waals surface area contributed by atoms with E-state index in [1.807, 2.05) is 36.9 Å². The summed E-state index contributed by atoms with van der Waals surface area (Å²) in [6.07, 6.45) is 7.90. The molecule has 4 aromatic heterocycles. The van der Waals surface area contributed by atoms with Crippen LogP contribution in [0.4, 0.5) is 0 Å². The first-order valence-electron chi connectivity index (χ1n) is 18.9. The van der Waals surface area contributed by atoms with Gasteiger partial charge in [-0.2, -0.15) is 0 Å². The van der Waals surface area contributed by atoms with Gasteiger partial charge in [0.05, 0.1) is 0 Å². The minimum atomic E-state index is 0.880. The van der Waals surface area contributed by atoms with Gasteiger partial charge >= 0.3 is 0 Å². The van der Waals surface area contributed by atoms with Gasteiger partial charge in [-0.05, 0) is 103 Å². The molecule has 258 valence electrons. The third-order valence-corrected chi connectivity index (χ3v) is 12.0. The van der Waals surface area contributed by atoms with Crippen LogP contribution in [-0.4, -0.2) is 9.97 Å². The predicted octanol–water partition coefficient (Wildman–Crippen LogP) is 14.5. The van der Waals surface area contributed by atoms with E-state index in [2.05, 4.69) is 133 Å². The average molecular weight is 713 g/mol. The highest BCUT2D eigenvalue weighted by Gasteiger charge is 2.21. The molecule has 56 heavy (non-hydrogen) atoms. The quantitative estimate of drug-likeness (QED) is 0.132. The summed E-state index contributed by atoms with van der Waals surface area (Å²) in [5.41, 5.74) is 7.97. The molecule has 13 rings (SSSR count). The minimum Gasteiger partial charge on any atom is -0.455 e. The van der Waals surface area contributed by atoms with Crippen molar-refractivity contribution in [2.24, 2.45) is 0 Å². The Balaban J connectivity index is 1.25. The number of hydrogen-bond acceptors (Lipinski definition) is 4. The van der Waals surface area contributed by atoms with Crippen LogP contribution in [0.2, 0.25) is 0 Å². The average Bonchev–Trinajstić information content (AvgIpc) is 3.83. The summed E-state index contributed by atoms with van der Waals surface area (Å²) in [7, 11) is 0. The maximum Gasteiger partial charge on any atom is 0.143 e. The molecule has 0 aliphatic rings. The normalized spacial score (nSPS) is 12.3. The Morgan fingerprint density at radius 2 is 0.696 bits per heavy atom. The van der Waals surface area contributed by atoms with Crippen molar-refractivity contribution in [3.63, 3.8) is 0 Å². The number of furan rings is 2. The van der Waals surface area contributed by atoms with Gasteiger partial charge in [-0.15, -0.1) is 0 Å². The van der Waals surface area contributed by atoms with Crippen molar-refractivity contribution < 1.29 is 8.83 Å². The van der Waals surface area contributed by atoms with E-state index in [0.29, 0.717) is 0 Å². The van der Waals surface area contributed by atoms with Crippen molar-refractivity contribution in [1.29, 1.82) is 0 Å². The number of aromatic nitrogens is 2. The van der Waals surface area contributed by atoms with E-state index >= 15 is 0 Å². The molecular formula is C52H28N2O2. The molecule has 4 heterocycles. The lowest BCUT2D eigenvalue weighted by molar-refractivity contribution is 0.672. The topological polar surface area (TPSA) is 52.1 Å². The Labute approximate surface area is 318 Å². The molecule has 0 aliphatic heterocycles. The van der Waals surface area contributed by atoms with Crippen molar-refractivity contribution in [2.45, 2.75) is 0 Å². The van der Waals surface area contributed by atoms with E-state index in [-0.39, 0.29) is 0 Å². The van der Waals surface area contributed by atoms with Gasteiger partial charge in [-0.25, -0.2) is 0 Å². The van der Waals surface area contributed by atoms with Crippen LogP contribution in [-0.2, 0) is 0 Å². The maximum absolute atomic E-state index is 6.83. The number of hydrogen-bond donors (Lipinski definition) is 0. The molecule has 0 N–H and O–H groups in total. The number of para-hydroxylation sites is 2. The summed E-state index contributed by atoms with van der Waals surface area (Å²) in [5.74, 6) is 0. The molecule has 0 aliphatic carbocycles. The monoisotopic (exact) mass is 712 g/mol. The van der Waals surface area contributed by atoms with Crippen LogP contribution in [0.1, 0.15) is 0 Å². The Morgan fingerprint density at radius 3 is 1.18 bits per heavy atom. The van der Waals surface area contributed by atoms with Gasteiger partial charge in [-0.1, -0.05) is 97.1 Å². The second-order valence-electron chi connectivity index (χ2n) is 14.9. The van der Waals surface area contributed by atoms with Gasteiger partial charge in [0.25, 0.3) is 0 Å². The molecule has 13 aromatic rings. The van der Waals surface area contributed by atoms with E-state index in [1.165, 1.54) is 0 Å². The van der Waals surface area contributed by atoms with Crippen molar-refractivity contribution in [3.8, 4) is 22.3 Å². The zero-order chi connectivity index (χ0) is 36.5. The lowest BCUT2D eigenvalue weighted by Crippen LogP contribution is -1.91. The zero-order valence-electron chi connectivity index (χ0n) is 29.9. The van der Waals surface area contributed by atoms with Gasteiger partial charge in [0.15, 0.2) is 0 Å². The number of fused-ring (bicyclic) bond motifs is 16. The van der Waals surface area contributed by atoms with Gasteiger partial charge in [0.1, 0.15) is 22.3 Å². The molecule has 4 heteroatoms. The first-order valence-corrected chi connectivity index (χ1v) is 18.9. The summed E-state index contributed by atoms with van der Waals surface area (Å²) < 4.78 is 13.7. The lowest BCUT2D eigenvalue weighted by Gasteiger charge is -2.16. The summed E-state index contributed by atoms with van der Waals surface area (Å²) in [6, 6.07) is 52.1. The Hall–Kier alpha value is -7.56. The predicted molar refractivity (Wildman–Crippen MR) is 232 cm³/mol. The largest absolute Gasteiger partial charge is 0.455 e. The highest BCUT2D eigenvalue weighted by molar-refractivity contribution is 6.32. The molecule has 0 spiro atoms. The van der Waals surface area contributed by atoms with E-state index in [4.69, 9.17) is 18.8 Å². The smallest absolute Gasteiger partial charge is 0.143 e. The van der Waals surface area contributed by atoms with Gasteiger partial charge in [-0.3, -0.25) is 9.97 Å². The summed E-state index contributed by atoms with van der Waals surface area (Å²) in [6.45, 7) is 0. The molecule has 0 radical (unpaired) electrons. The van der Waals surface area contributed by atoms with Crippen molar-refractivity contribution in [2.75, 3.05) is 0 Å². The van der Waals surface area contributed by atoms with Crippen molar-refractivity contribution >= 4 is 109 Å². The molecule has 0 atom stereocenters. The van der Waals surface area contributed by atoms with Crippen LogP contribution in [0.15, 0.2) is 179 Å². The second kappa shape index (κ2) is 11.0. The van der Waals surface area contributed by atoms with E-state index in [1.54, 1.807) is 0 Å². The van der Waals surface area contributed by atoms with Crippen LogP contribution in [0.3, 0.4) is 0 Å². The molecule has 0 unspecified atom stereocenters. The summed E-state index contributed by atoms with van der Waals surface area (Å²) in [5, 5.41) is 17.9. The number of rotatable bonds is 2. The first kappa shape index (κ1) is 29.8. The van der Waals surface area contributed by atoms with Crippen LogP contribution >= 0.6 is 0 Å². The fourth-order valence-electron chi connectivity index (χ4n) is 9.44. The molecular weight excluding hydrogens is 685 g/mol. The lowest BCUT2D eigenvalue weighted by atomic mass is 9.87. The molecule has 0 saturated heterocycles. The third-order valence-electron chi connectivity index (χ3n) is 12.0. The minimum absolute atomic E-state index is 0.880. The standard InChI is InChI=1S/C52H28N2O2/c1-3-11-33-29(9-1)25-53-27-45(33)43-23-31-21-42-32(22-41(31)49-37(43)17-19-39-35-13-5-7-15-47(35)55-51(39)49)24-44(46-28-54-26-30-10-2-4-12-34(30)46)38-18-20-40-36-14-6-8-16-48(36)56-52(40)50(38)42/h1-28H. The molecule has 0 amide bonds. The molecule has 0 bridgehead atoms. The van der Waals surface area contributed by atoms with Gasteiger partial charge < -0.3 is 8.83 Å². The highest BCUT2D eigenvalue weighted by atomic mass is 16.3. The van der Waals surface area contributed by atoms with Gasteiger partial charge in [0.2, 0.25) is 0 Å². The van der Waals surface area contributed by atoms with Crippen molar-refractivity contribution in [1.82, 2.24) is 9.97 Å². The molecule has 4 nitrogen and oxygen atoms in total. The third kappa shape index (κ3) is 4.02. The van der Waals surface area contributed by atoms with Crippen LogP contribution in [0.25, 0.3) is 131 Å². The number of benzene rings is 9. The fraction of sp³-hybridized carbons (Fsp3) is 0. The number of nitrogens with zero attached hydrogens (tertiary/aromatic N) is 2. The van der Waals surface area contributed by atoms with E-state index < -0.39 is 0 Å². The Kier molecular flexibility index (Phi) is 5.86. The van der Waals surface area contributed by atoms with Crippen molar-refractivity contribution in [3.05, 3.63) is 170 Å². The second-order valence-corrected chi connectivity index (χ2v) is 14.9. The van der Waals surface area contributed by atoms with Crippen LogP contribution in [0, 0.1) is 0 Å². The Bertz CT molecular complexity index is 3570. The molecule has 0 fully saturated rings. The fourth-order valence-corrected chi connectivity index (χ4v) is 9.44. The maximum atomic E-state index is 6.83. The van der Waals surface area contributed by atoms with Crippen LogP contribution in [0.5, 0.6) is 0 Å². The first-order chi connectivity index (χ1) is 27.8. The van der Waals surface area contributed by atoms with Gasteiger partial charge in [0, 0.05) is 79.0 Å². The Morgan fingerprint density at radius 1 is 0.286 bits per heavy atom. The highest BCUT2D eigenvalue weighted by Crippen LogP contribution is 2.47. The van der Waals surface area contributed by atoms with E-state index in [9.17, 15) is 0 Å².